The summed E-state index contributed by atoms with van der Waals surface area (Å²) in [6, 6.07) is 11.4. The van der Waals surface area contributed by atoms with Gasteiger partial charge in [-0.05, 0) is 37.6 Å². The minimum absolute atomic E-state index is 0.389. The summed E-state index contributed by atoms with van der Waals surface area (Å²) in [5, 5.41) is 10.9. The Kier molecular flexibility index (Phi) is 5.57. The topological polar surface area (TPSA) is 92.3 Å². The molecule has 0 bridgehead atoms. The summed E-state index contributed by atoms with van der Waals surface area (Å²) in [7, 11) is 1.63. The van der Waals surface area contributed by atoms with Gasteiger partial charge in [0.1, 0.15) is 11.3 Å². The second-order valence-electron chi connectivity index (χ2n) is 6.52. The molecule has 0 aliphatic heterocycles. The summed E-state index contributed by atoms with van der Waals surface area (Å²) in [5.41, 5.74) is 9.96. The fourth-order valence-corrected chi connectivity index (χ4v) is 2.76. The number of likely N-dealkylation sites (N-methyl/N-ethyl adjacent to an activating group) is 1. The summed E-state index contributed by atoms with van der Waals surface area (Å²) in [6.45, 7) is 4.31. The Morgan fingerprint density at radius 1 is 1.32 bits per heavy atom. The lowest BCUT2D eigenvalue weighted by Gasteiger charge is -2.15. The Morgan fingerprint density at radius 2 is 2.11 bits per heavy atom. The Morgan fingerprint density at radius 3 is 2.86 bits per heavy atom. The van der Waals surface area contributed by atoms with Crippen LogP contribution in [0.3, 0.4) is 0 Å². The number of benzene rings is 1. The lowest BCUT2D eigenvalue weighted by atomic mass is 10.1. The first-order valence-electron chi connectivity index (χ1n) is 8.97. The van der Waals surface area contributed by atoms with Crippen LogP contribution in [0.4, 0.5) is 5.82 Å². The third-order valence-electron chi connectivity index (χ3n) is 4.56. The molecule has 1 aromatic carbocycles. The highest BCUT2D eigenvalue weighted by atomic mass is 16.3. The third-order valence-corrected chi connectivity index (χ3v) is 4.56. The zero-order valence-electron chi connectivity index (χ0n) is 16.1. The summed E-state index contributed by atoms with van der Waals surface area (Å²) >= 11 is 0. The number of fused-ring (bicyclic) bond motifs is 1. The van der Waals surface area contributed by atoms with Crippen molar-refractivity contribution in [3.8, 4) is 23.1 Å². The van der Waals surface area contributed by atoms with Crippen molar-refractivity contribution in [2.75, 3.05) is 19.3 Å². The molecule has 3 aromatic rings. The van der Waals surface area contributed by atoms with Gasteiger partial charge in [-0.2, -0.15) is 0 Å². The first-order valence-corrected chi connectivity index (χ1v) is 8.97. The normalized spacial score (nSPS) is 11.6. The lowest BCUT2D eigenvalue weighted by Crippen LogP contribution is -2.35. The van der Waals surface area contributed by atoms with Gasteiger partial charge in [0, 0.05) is 36.3 Å². The van der Waals surface area contributed by atoms with Crippen LogP contribution in [0.2, 0.25) is 0 Å². The number of carbonyl (C=O) groups is 1. The van der Waals surface area contributed by atoms with Crippen LogP contribution in [0.15, 0.2) is 42.6 Å². The number of nitrogens with zero attached hydrogens (tertiary/aromatic N) is 3. The van der Waals surface area contributed by atoms with E-state index in [9.17, 15) is 9.90 Å². The van der Waals surface area contributed by atoms with Gasteiger partial charge in [0.25, 0.3) is 5.91 Å². The van der Waals surface area contributed by atoms with Gasteiger partial charge in [0.2, 0.25) is 0 Å². The fraction of sp³-hybridized carbons (Fsp3) is 0.227. The number of rotatable bonds is 3. The van der Waals surface area contributed by atoms with Crippen LogP contribution in [-0.2, 0) is 4.79 Å². The maximum Gasteiger partial charge on any atom is 0.263 e. The molecule has 0 spiro atoms. The van der Waals surface area contributed by atoms with Gasteiger partial charge < -0.3 is 15.7 Å². The maximum absolute atomic E-state index is 11.9. The highest BCUT2D eigenvalue weighted by molar-refractivity contribution is 5.91. The van der Waals surface area contributed by atoms with Gasteiger partial charge in [-0.3, -0.25) is 4.79 Å². The molecule has 6 nitrogen and oxygen atoms in total. The first-order chi connectivity index (χ1) is 13.4. The molecule has 0 aliphatic carbocycles. The van der Waals surface area contributed by atoms with E-state index in [4.69, 9.17) is 5.73 Å². The van der Waals surface area contributed by atoms with Crippen molar-refractivity contribution in [1.82, 2.24) is 14.9 Å². The van der Waals surface area contributed by atoms with E-state index in [0.29, 0.717) is 23.4 Å². The van der Waals surface area contributed by atoms with Crippen LogP contribution >= 0.6 is 0 Å². The van der Waals surface area contributed by atoms with E-state index in [1.165, 1.54) is 4.90 Å². The van der Waals surface area contributed by atoms with Gasteiger partial charge in [-0.1, -0.05) is 30.0 Å². The summed E-state index contributed by atoms with van der Waals surface area (Å²) in [5.74, 6) is 5.44. The van der Waals surface area contributed by atoms with E-state index in [2.05, 4.69) is 21.8 Å². The van der Waals surface area contributed by atoms with Gasteiger partial charge in [0.05, 0.1) is 5.69 Å². The summed E-state index contributed by atoms with van der Waals surface area (Å²) in [6.07, 6.45) is 0.388. The molecule has 6 heteroatoms. The molecule has 0 radical (unpaired) electrons. The zero-order chi connectivity index (χ0) is 20.3. The number of hydrogen-bond donors (Lipinski definition) is 2. The van der Waals surface area contributed by atoms with E-state index < -0.39 is 12.0 Å². The molecule has 0 fully saturated rings. The van der Waals surface area contributed by atoms with Crippen molar-refractivity contribution in [2.24, 2.45) is 0 Å². The van der Waals surface area contributed by atoms with Crippen LogP contribution in [0.25, 0.3) is 22.2 Å². The highest BCUT2D eigenvalue weighted by Crippen LogP contribution is 2.25. The van der Waals surface area contributed by atoms with Crippen LogP contribution in [0.5, 0.6) is 0 Å². The molecule has 1 amide bonds. The number of carbonyl (C=O) groups excluding carboxylic acids is 1. The first kappa shape index (κ1) is 19.3. The molecule has 2 heterocycles. The second kappa shape index (κ2) is 8.07. The number of nitrogen functional groups attached to an aromatic ring is 1. The van der Waals surface area contributed by atoms with Gasteiger partial charge in [-0.15, -0.1) is 0 Å². The van der Waals surface area contributed by atoms with Gasteiger partial charge >= 0.3 is 0 Å². The molecule has 0 aliphatic rings. The molecule has 28 heavy (non-hydrogen) atoms. The van der Waals surface area contributed by atoms with E-state index in [1.807, 2.05) is 50.2 Å². The molecule has 3 N–H and O–H groups in total. The molecule has 1 atom stereocenters. The average molecular weight is 374 g/mol. The number of aliphatic hydroxyl groups excluding tert-OH is 1. The standard InChI is InChI=1S/C22H22N4O2/c1-4-26(3)22(28)19(27)11-8-15-6-5-7-16(12-15)18-10-9-17-14(2)13-24-21(23)20(17)25-18/h5-7,9-10,12-13,19,27H,4H2,1-3H3,(H2,23,24)/t19-/m1/s1. The molecule has 0 unspecified atom stereocenters. The van der Waals surface area contributed by atoms with E-state index in [1.54, 1.807) is 13.2 Å². The quantitative estimate of drug-likeness (QED) is 0.687. The van der Waals surface area contributed by atoms with Crippen molar-refractivity contribution in [2.45, 2.75) is 20.0 Å². The van der Waals surface area contributed by atoms with E-state index >= 15 is 0 Å². The molecule has 2 aromatic heterocycles. The van der Waals surface area contributed by atoms with Crippen molar-refractivity contribution >= 4 is 22.6 Å². The molecule has 142 valence electrons. The van der Waals surface area contributed by atoms with Crippen LogP contribution in [0, 0.1) is 18.8 Å². The Labute approximate surface area is 164 Å². The zero-order valence-corrected chi connectivity index (χ0v) is 16.1. The lowest BCUT2D eigenvalue weighted by molar-refractivity contribution is -0.135. The van der Waals surface area contributed by atoms with Gasteiger partial charge in [0.15, 0.2) is 6.10 Å². The van der Waals surface area contributed by atoms with Crippen LogP contribution < -0.4 is 5.73 Å². The molecule has 0 saturated heterocycles. The van der Waals surface area contributed by atoms with Gasteiger partial charge in [-0.25, -0.2) is 9.97 Å². The fourth-order valence-electron chi connectivity index (χ4n) is 2.76. The Balaban J connectivity index is 1.92. The monoisotopic (exact) mass is 374 g/mol. The molecule has 3 rings (SSSR count). The number of aromatic nitrogens is 2. The minimum atomic E-state index is -1.35. The average Bonchev–Trinajstić information content (AvgIpc) is 2.73. The number of aliphatic hydroxyl groups is 1. The number of amides is 1. The van der Waals surface area contributed by atoms with Crippen LogP contribution in [-0.4, -0.2) is 45.6 Å². The SMILES string of the molecule is CCN(C)C(=O)[C@H](O)C#Cc1cccc(-c2ccc3c(C)cnc(N)c3n2)c1. The largest absolute Gasteiger partial charge is 0.382 e. The number of nitrogens with two attached hydrogens (primary N) is 1. The minimum Gasteiger partial charge on any atom is -0.382 e. The number of pyridine rings is 2. The van der Waals surface area contributed by atoms with Crippen molar-refractivity contribution < 1.29 is 9.90 Å². The van der Waals surface area contributed by atoms with E-state index in [-0.39, 0.29) is 0 Å². The Hall–Kier alpha value is -3.43. The number of hydrogen-bond acceptors (Lipinski definition) is 5. The van der Waals surface area contributed by atoms with Crippen molar-refractivity contribution in [1.29, 1.82) is 0 Å². The van der Waals surface area contributed by atoms with E-state index in [0.717, 1.165) is 22.2 Å². The summed E-state index contributed by atoms with van der Waals surface area (Å²) in [4.78, 5) is 22.2. The smallest absolute Gasteiger partial charge is 0.263 e. The molecule has 0 saturated carbocycles. The third kappa shape index (κ3) is 3.95. The highest BCUT2D eigenvalue weighted by Gasteiger charge is 2.15. The van der Waals surface area contributed by atoms with Crippen molar-refractivity contribution in [3.63, 3.8) is 0 Å². The van der Waals surface area contributed by atoms with Crippen molar-refractivity contribution in [3.05, 3.63) is 53.7 Å². The maximum atomic E-state index is 11.9. The number of anilines is 1. The molecular weight excluding hydrogens is 352 g/mol. The predicted molar refractivity (Wildman–Crippen MR) is 110 cm³/mol. The van der Waals surface area contributed by atoms with Crippen LogP contribution in [0.1, 0.15) is 18.1 Å². The molecular formula is C22H22N4O2. The Bertz CT molecular complexity index is 1100. The summed E-state index contributed by atoms with van der Waals surface area (Å²) < 4.78 is 0. The predicted octanol–water partition coefficient (Wildman–Crippen LogP) is 2.38. The second-order valence-corrected chi connectivity index (χ2v) is 6.52. The number of aryl methyl sites for hydroxylation is 1.